The Morgan fingerprint density at radius 3 is 2.53 bits per heavy atom. The van der Waals surface area contributed by atoms with Crippen molar-refractivity contribution < 1.29 is 23.2 Å². The van der Waals surface area contributed by atoms with Gasteiger partial charge >= 0.3 is 0 Å². The highest BCUT2D eigenvalue weighted by atomic mass is 32.2. The molecule has 7 nitrogen and oxygen atoms in total. The molecule has 0 aliphatic carbocycles. The number of hydrogen-bond acceptors (Lipinski definition) is 5. The van der Waals surface area contributed by atoms with Crippen LogP contribution in [0.2, 0.25) is 0 Å². The van der Waals surface area contributed by atoms with Crippen molar-refractivity contribution in [2.24, 2.45) is 0 Å². The highest BCUT2D eigenvalue weighted by molar-refractivity contribution is 7.89. The van der Waals surface area contributed by atoms with Gasteiger partial charge in [-0.3, -0.25) is 10.0 Å². The number of benzene rings is 2. The monoisotopic (exact) mass is 460 g/mol. The van der Waals surface area contributed by atoms with Crippen LogP contribution in [0, 0.1) is 0 Å². The van der Waals surface area contributed by atoms with E-state index in [1.807, 2.05) is 30.3 Å². The highest BCUT2D eigenvalue weighted by Crippen LogP contribution is 2.28. The molecule has 0 bridgehead atoms. The summed E-state index contributed by atoms with van der Waals surface area (Å²) in [6.07, 6.45) is 0.845. The molecule has 1 atom stereocenters. The van der Waals surface area contributed by atoms with Crippen LogP contribution in [-0.2, 0) is 44.5 Å². The number of fused-ring (bicyclic) bond motifs is 1. The van der Waals surface area contributed by atoms with Crippen LogP contribution in [0.4, 0.5) is 0 Å². The van der Waals surface area contributed by atoms with Crippen molar-refractivity contribution in [1.82, 2.24) is 9.37 Å². The molecule has 1 unspecified atom stereocenters. The van der Waals surface area contributed by atoms with E-state index >= 15 is 0 Å². The second-order valence-electron chi connectivity index (χ2n) is 9.24. The van der Waals surface area contributed by atoms with Crippen molar-refractivity contribution in [3.8, 4) is 0 Å². The van der Waals surface area contributed by atoms with Gasteiger partial charge in [0, 0.05) is 13.1 Å². The number of nitrogens with zero attached hydrogens (tertiary/aromatic N) is 2. The lowest BCUT2D eigenvalue weighted by Crippen LogP contribution is -2.46. The second kappa shape index (κ2) is 10.1. The van der Waals surface area contributed by atoms with Gasteiger partial charge in [-0.25, -0.2) is 13.5 Å². The van der Waals surface area contributed by atoms with E-state index in [0.29, 0.717) is 18.0 Å². The van der Waals surface area contributed by atoms with E-state index < -0.39 is 21.8 Å². The van der Waals surface area contributed by atoms with Gasteiger partial charge in [0.25, 0.3) is 0 Å². The minimum Gasteiger partial charge on any atom is -0.374 e. The first-order valence-electron chi connectivity index (χ1n) is 10.7. The summed E-state index contributed by atoms with van der Waals surface area (Å²) in [4.78, 5) is 11.1. The van der Waals surface area contributed by atoms with Crippen molar-refractivity contribution >= 4 is 16.4 Å². The molecule has 0 fully saturated rings. The minimum absolute atomic E-state index is 0.0290. The molecule has 0 saturated carbocycles. The van der Waals surface area contributed by atoms with Gasteiger partial charge in [0.05, 0.1) is 25.0 Å². The Balaban J connectivity index is 1.69. The molecule has 3 rings (SSSR count). The average Bonchev–Trinajstić information content (AvgIpc) is 2.77. The van der Waals surface area contributed by atoms with Crippen molar-refractivity contribution in [2.45, 2.75) is 51.8 Å². The van der Waals surface area contributed by atoms with Crippen LogP contribution in [0.15, 0.2) is 48.5 Å². The van der Waals surface area contributed by atoms with E-state index in [9.17, 15) is 18.4 Å². The van der Waals surface area contributed by atoms with Gasteiger partial charge in [-0.15, -0.1) is 0 Å². The van der Waals surface area contributed by atoms with Gasteiger partial charge < -0.3 is 4.74 Å². The number of sulfonamides is 1. The van der Waals surface area contributed by atoms with Crippen LogP contribution in [0.3, 0.4) is 0 Å². The molecule has 0 spiro atoms. The number of rotatable bonds is 9. The lowest BCUT2D eigenvalue weighted by atomic mass is 9.84. The number of amides is 1. The van der Waals surface area contributed by atoms with E-state index in [-0.39, 0.29) is 31.6 Å². The van der Waals surface area contributed by atoms with Gasteiger partial charge in [-0.05, 0) is 34.1 Å². The van der Waals surface area contributed by atoms with Crippen LogP contribution in [-0.4, -0.2) is 54.3 Å². The maximum absolute atomic E-state index is 13.2. The van der Waals surface area contributed by atoms with Crippen LogP contribution >= 0.6 is 0 Å². The van der Waals surface area contributed by atoms with Crippen LogP contribution in [0.5, 0.6) is 0 Å². The maximum Gasteiger partial charge on any atom is 0.233 e. The lowest BCUT2D eigenvalue weighted by molar-refractivity contribution is -0.163. The predicted molar refractivity (Wildman–Crippen MR) is 123 cm³/mol. The Morgan fingerprint density at radius 2 is 1.88 bits per heavy atom. The van der Waals surface area contributed by atoms with Crippen LogP contribution < -0.4 is 0 Å². The summed E-state index contributed by atoms with van der Waals surface area (Å²) >= 11 is 0. The standard InChI is InChI=1S/C24H32N2O5S/c1-24(2,3)22-10-9-20-11-12-25(14-21(20)13-22)32(29,30)17-23(26(28)18-27)16-31-15-19-7-5-4-6-8-19/h4-10,13,18,23,28H,11-12,14-17H2,1-3H3. The van der Waals surface area contributed by atoms with E-state index in [1.54, 1.807) is 0 Å². The normalized spacial score (nSPS) is 15.8. The molecular formula is C24H32N2O5S. The molecule has 0 radical (unpaired) electrons. The second-order valence-corrected chi connectivity index (χ2v) is 11.2. The molecule has 1 N–H and O–H groups in total. The van der Waals surface area contributed by atoms with Gasteiger partial charge in [0.1, 0.15) is 0 Å². The Hall–Kier alpha value is -2.26. The minimum atomic E-state index is -3.73. The SMILES string of the molecule is CC(C)(C)c1ccc2c(c1)CN(S(=O)(=O)CC(COCc1ccccc1)N(O)C=O)CC2. The van der Waals surface area contributed by atoms with Crippen LogP contribution in [0.1, 0.15) is 43.0 Å². The fourth-order valence-corrected chi connectivity index (χ4v) is 5.41. The molecule has 1 aliphatic heterocycles. The summed E-state index contributed by atoms with van der Waals surface area (Å²) in [5.41, 5.74) is 4.21. The molecule has 1 aliphatic rings. The van der Waals surface area contributed by atoms with E-state index in [0.717, 1.165) is 22.3 Å². The van der Waals surface area contributed by atoms with Crippen LogP contribution in [0.25, 0.3) is 0 Å². The van der Waals surface area contributed by atoms with Crippen molar-refractivity contribution in [3.63, 3.8) is 0 Å². The highest BCUT2D eigenvalue weighted by Gasteiger charge is 2.32. The summed E-state index contributed by atoms with van der Waals surface area (Å²) < 4.78 is 33.4. The fraction of sp³-hybridized carbons (Fsp3) is 0.458. The van der Waals surface area contributed by atoms with Gasteiger partial charge in [-0.2, -0.15) is 4.31 Å². The van der Waals surface area contributed by atoms with Crippen molar-refractivity contribution in [1.29, 1.82) is 0 Å². The topological polar surface area (TPSA) is 87.2 Å². The quantitative estimate of drug-likeness (QED) is 0.353. The smallest absolute Gasteiger partial charge is 0.233 e. The number of ether oxygens (including phenoxy) is 1. The first-order valence-corrected chi connectivity index (χ1v) is 12.4. The number of carbonyl (C=O) groups is 1. The van der Waals surface area contributed by atoms with E-state index in [4.69, 9.17) is 4.74 Å². The molecule has 2 aromatic carbocycles. The predicted octanol–water partition coefficient (Wildman–Crippen LogP) is 3.11. The largest absolute Gasteiger partial charge is 0.374 e. The summed E-state index contributed by atoms with van der Waals surface area (Å²) in [5, 5.41) is 10.3. The number of hydrogen-bond donors (Lipinski definition) is 1. The lowest BCUT2D eigenvalue weighted by Gasteiger charge is -2.31. The van der Waals surface area contributed by atoms with E-state index in [1.165, 1.54) is 4.31 Å². The molecule has 174 valence electrons. The summed E-state index contributed by atoms with van der Waals surface area (Å²) in [6, 6.07) is 14.7. The third-order valence-corrected chi connectivity index (χ3v) is 7.65. The molecular weight excluding hydrogens is 428 g/mol. The zero-order valence-corrected chi connectivity index (χ0v) is 19.7. The van der Waals surface area contributed by atoms with E-state index in [2.05, 4.69) is 39.0 Å². The third kappa shape index (κ3) is 6.16. The molecule has 1 heterocycles. The fourth-order valence-electron chi connectivity index (χ4n) is 3.76. The van der Waals surface area contributed by atoms with Crippen molar-refractivity contribution in [3.05, 3.63) is 70.8 Å². The first-order chi connectivity index (χ1) is 15.1. The van der Waals surface area contributed by atoms with Gasteiger partial charge in [-0.1, -0.05) is 69.3 Å². The van der Waals surface area contributed by atoms with Gasteiger partial charge in [0.2, 0.25) is 16.4 Å². The molecule has 32 heavy (non-hydrogen) atoms. The zero-order chi connectivity index (χ0) is 23.4. The summed E-state index contributed by atoms with van der Waals surface area (Å²) in [7, 11) is -3.73. The number of hydroxylamine groups is 2. The molecule has 0 saturated heterocycles. The Kier molecular flexibility index (Phi) is 7.71. The Labute approximate surface area is 190 Å². The molecule has 0 aromatic heterocycles. The first kappa shape index (κ1) is 24.4. The zero-order valence-electron chi connectivity index (χ0n) is 18.9. The molecule has 1 amide bonds. The third-order valence-electron chi connectivity index (χ3n) is 5.75. The molecule has 8 heteroatoms. The van der Waals surface area contributed by atoms with Crippen molar-refractivity contribution in [2.75, 3.05) is 18.9 Å². The summed E-state index contributed by atoms with van der Waals surface area (Å²) in [6.45, 7) is 7.20. The maximum atomic E-state index is 13.2. The van der Waals surface area contributed by atoms with Gasteiger partial charge in [0.15, 0.2) is 0 Å². The number of carbonyl (C=O) groups excluding carboxylic acids is 1. The summed E-state index contributed by atoms with van der Waals surface area (Å²) in [5.74, 6) is -0.411. The average molecular weight is 461 g/mol. The Morgan fingerprint density at radius 1 is 1.16 bits per heavy atom. The molecule has 2 aromatic rings. The Bertz CT molecular complexity index is 1020.